The van der Waals surface area contributed by atoms with Gasteiger partial charge in [-0.25, -0.2) is 5.10 Å². The van der Waals surface area contributed by atoms with E-state index in [0.29, 0.717) is 11.3 Å². The average molecular weight is 239 g/mol. The first-order chi connectivity index (χ1) is 8.69. The molecule has 5 heteroatoms. The molecule has 18 heavy (non-hydrogen) atoms. The zero-order valence-electron chi connectivity index (χ0n) is 9.31. The van der Waals surface area contributed by atoms with Crippen LogP contribution in [0.3, 0.4) is 0 Å². The van der Waals surface area contributed by atoms with Gasteiger partial charge in [-0.3, -0.25) is 9.59 Å². The van der Waals surface area contributed by atoms with Crippen LogP contribution in [0.1, 0.15) is 16.1 Å². The summed E-state index contributed by atoms with van der Waals surface area (Å²) in [6.45, 7) is 0. The van der Waals surface area contributed by atoms with Crippen LogP contribution in [0.25, 0.3) is 0 Å². The van der Waals surface area contributed by atoms with Gasteiger partial charge in [-0.2, -0.15) is 5.10 Å². The van der Waals surface area contributed by atoms with Crippen LogP contribution in [-0.4, -0.2) is 16.1 Å². The topological polar surface area (TPSA) is 74.8 Å². The maximum atomic E-state index is 11.8. The molecule has 1 aromatic heterocycles. The number of aromatic amines is 1. The quantitative estimate of drug-likeness (QED) is 0.768. The van der Waals surface area contributed by atoms with Crippen LogP contribution in [0.5, 0.6) is 0 Å². The second-order valence-electron chi connectivity index (χ2n) is 3.49. The number of H-pyrrole nitrogens is 1. The molecule has 0 saturated carbocycles. The minimum Gasteiger partial charge on any atom is -0.321 e. The molecule has 2 aromatic rings. The third-order valence-corrected chi connectivity index (χ3v) is 2.20. The van der Waals surface area contributed by atoms with Gasteiger partial charge < -0.3 is 5.32 Å². The fraction of sp³-hybridized carbons (Fsp3) is 0. The SMILES string of the molecule is C#Cc1cccc(NC(=O)c2ccc(=O)[nH]n2)c1. The van der Waals surface area contributed by atoms with Crippen molar-refractivity contribution in [3.8, 4) is 12.3 Å². The average Bonchev–Trinajstić information content (AvgIpc) is 2.39. The number of terminal acetylenes is 1. The maximum absolute atomic E-state index is 11.8. The van der Waals surface area contributed by atoms with E-state index in [1.54, 1.807) is 24.3 Å². The van der Waals surface area contributed by atoms with E-state index in [1.165, 1.54) is 12.1 Å². The number of aromatic nitrogens is 2. The highest BCUT2D eigenvalue weighted by Crippen LogP contribution is 2.10. The normalized spacial score (nSPS) is 9.50. The first-order valence-electron chi connectivity index (χ1n) is 5.13. The van der Waals surface area contributed by atoms with Crippen molar-refractivity contribution in [1.29, 1.82) is 0 Å². The molecular formula is C13H9N3O2. The molecule has 1 amide bonds. The van der Waals surface area contributed by atoms with Crippen molar-refractivity contribution in [2.45, 2.75) is 0 Å². The highest BCUT2D eigenvalue weighted by Gasteiger charge is 2.07. The lowest BCUT2D eigenvalue weighted by Crippen LogP contribution is -2.17. The molecule has 2 N–H and O–H groups in total. The summed E-state index contributed by atoms with van der Waals surface area (Å²) in [4.78, 5) is 22.6. The molecule has 0 aliphatic rings. The number of rotatable bonds is 2. The van der Waals surface area contributed by atoms with Gasteiger partial charge in [-0.15, -0.1) is 6.42 Å². The van der Waals surface area contributed by atoms with Crippen LogP contribution in [-0.2, 0) is 0 Å². The Morgan fingerprint density at radius 2 is 2.17 bits per heavy atom. The van der Waals surface area contributed by atoms with Gasteiger partial charge in [-0.1, -0.05) is 12.0 Å². The third kappa shape index (κ3) is 2.62. The summed E-state index contributed by atoms with van der Waals surface area (Å²) in [5, 5.41) is 8.45. The molecule has 0 radical (unpaired) electrons. The number of hydrogen-bond donors (Lipinski definition) is 2. The van der Waals surface area contributed by atoms with Gasteiger partial charge in [0.05, 0.1) is 0 Å². The molecule has 88 valence electrons. The number of hydrogen-bond acceptors (Lipinski definition) is 3. The Kier molecular flexibility index (Phi) is 3.21. The predicted molar refractivity (Wildman–Crippen MR) is 67.2 cm³/mol. The highest BCUT2D eigenvalue weighted by atomic mass is 16.2. The van der Waals surface area contributed by atoms with Gasteiger partial charge in [-0.05, 0) is 24.3 Å². The summed E-state index contributed by atoms with van der Waals surface area (Å²) in [6, 6.07) is 9.46. The van der Waals surface area contributed by atoms with Crippen LogP contribution in [0.4, 0.5) is 5.69 Å². The Morgan fingerprint density at radius 1 is 1.33 bits per heavy atom. The largest absolute Gasteiger partial charge is 0.321 e. The van der Waals surface area contributed by atoms with Gasteiger partial charge >= 0.3 is 0 Å². The highest BCUT2D eigenvalue weighted by molar-refractivity contribution is 6.02. The fourth-order valence-electron chi connectivity index (χ4n) is 1.35. The molecule has 0 aliphatic carbocycles. The lowest BCUT2D eigenvalue weighted by molar-refractivity contribution is 0.102. The number of amides is 1. The van der Waals surface area contributed by atoms with Gasteiger partial charge in [0.1, 0.15) is 5.69 Å². The second kappa shape index (κ2) is 4.97. The van der Waals surface area contributed by atoms with E-state index < -0.39 is 5.91 Å². The van der Waals surface area contributed by atoms with E-state index in [4.69, 9.17) is 6.42 Å². The summed E-state index contributed by atoms with van der Waals surface area (Å²) in [5.41, 5.74) is 1.01. The first kappa shape index (κ1) is 11.6. The standard InChI is InChI=1S/C13H9N3O2/c1-2-9-4-3-5-10(8-9)14-13(18)11-6-7-12(17)16-15-11/h1,3-8H,(H,14,18)(H,16,17). The molecule has 2 rings (SSSR count). The Hall–Kier alpha value is -2.87. The summed E-state index contributed by atoms with van der Waals surface area (Å²) in [7, 11) is 0. The number of anilines is 1. The van der Waals surface area contributed by atoms with Gasteiger partial charge in [0.25, 0.3) is 11.5 Å². The van der Waals surface area contributed by atoms with Gasteiger partial charge in [0.2, 0.25) is 0 Å². The lowest BCUT2D eigenvalue weighted by Gasteiger charge is -2.04. The number of carbonyl (C=O) groups is 1. The van der Waals surface area contributed by atoms with E-state index in [9.17, 15) is 9.59 Å². The Morgan fingerprint density at radius 3 is 2.83 bits per heavy atom. The van der Waals surface area contributed by atoms with Crippen LogP contribution in [0, 0.1) is 12.3 Å². The zero-order chi connectivity index (χ0) is 13.0. The van der Waals surface area contributed by atoms with Crippen LogP contribution >= 0.6 is 0 Å². The van der Waals surface area contributed by atoms with Crippen molar-refractivity contribution < 1.29 is 4.79 Å². The number of nitrogens with zero attached hydrogens (tertiary/aromatic N) is 1. The molecule has 5 nitrogen and oxygen atoms in total. The Labute approximate surface area is 103 Å². The van der Waals surface area contributed by atoms with Crippen molar-refractivity contribution in [3.05, 3.63) is 58.0 Å². The van der Waals surface area contributed by atoms with Crippen molar-refractivity contribution >= 4 is 11.6 Å². The van der Waals surface area contributed by atoms with E-state index in [2.05, 4.69) is 21.4 Å². The number of nitrogens with one attached hydrogen (secondary N) is 2. The number of carbonyl (C=O) groups excluding carboxylic acids is 1. The van der Waals surface area contributed by atoms with Crippen molar-refractivity contribution in [2.24, 2.45) is 0 Å². The second-order valence-corrected chi connectivity index (χ2v) is 3.49. The zero-order valence-corrected chi connectivity index (χ0v) is 9.31. The molecule has 0 atom stereocenters. The number of benzene rings is 1. The van der Waals surface area contributed by atoms with Gasteiger partial charge in [0.15, 0.2) is 0 Å². The molecular weight excluding hydrogens is 230 g/mol. The van der Waals surface area contributed by atoms with Crippen LogP contribution in [0.15, 0.2) is 41.2 Å². The van der Waals surface area contributed by atoms with Crippen LogP contribution < -0.4 is 10.9 Å². The molecule has 0 unspecified atom stereocenters. The van der Waals surface area contributed by atoms with Crippen molar-refractivity contribution in [3.63, 3.8) is 0 Å². The summed E-state index contributed by atoms with van der Waals surface area (Å²) in [5.74, 6) is 2.06. The monoisotopic (exact) mass is 239 g/mol. The molecule has 0 spiro atoms. The summed E-state index contributed by atoms with van der Waals surface area (Å²) < 4.78 is 0. The van der Waals surface area contributed by atoms with Crippen LogP contribution in [0.2, 0.25) is 0 Å². The van der Waals surface area contributed by atoms with E-state index >= 15 is 0 Å². The molecule has 0 saturated heterocycles. The fourth-order valence-corrected chi connectivity index (χ4v) is 1.35. The predicted octanol–water partition coefficient (Wildman–Crippen LogP) is 1.00. The molecule has 0 bridgehead atoms. The molecule has 0 fully saturated rings. The van der Waals surface area contributed by atoms with E-state index in [0.717, 1.165) is 0 Å². The molecule has 0 aliphatic heterocycles. The van der Waals surface area contributed by atoms with Crippen molar-refractivity contribution in [2.75, 3.05) is 5.32 Å². The molecule has 1 aromatic carbocycles. The minimum atomic E-state index is -0.416. The first-order valence-corrected chi connectivity index (χ1v) is 5.13. The minimum absolute atomic E-state index is 0.126. The van der Waals surface area contributed by atoms with Crippen molar-refractivity contribution in [1.82, 2.24) is 10.2 Å². The smallest absolute Gasteiger partial charge is 0.276 e. The lowest BCUT2D eigenvalue weighted by atomic mass is 10.2. The Balaban J connectivity index is 2.19. The van der Waals surface area contributed by atoms with E-state index in [1.807, 2.05) is 0 Å². The Bertz CT molecular complexity index is 663. The van der Waals surface area contributed by atoms with Gasteiger partial charge in [0, 0.05) is 17.3 Å². The maximum Gasteiger partial charge on any atom is 0.276 e. The summed E-state index contributed by atoms with van der Waals surface area (Å²) in [6.07, 6.45) is 5.26. The van der Waals surface area contributed by atoms with E-state index in [-0.39, 0.29) is 11.3 Å². The molecule has 1 heterocycles. The summed E-state index contributed by atoms with van der Waals surface area (Å²) >= 11 is 0. The third-order valence-electron chi connectivity index (χ3n) is 2.20.